The predicted octanol–water partition coefficient (Wildman–Crippen LogP) is 0.771. The molecule has 0 aliphatic heterocycles. The van der Waals surface area contributed by atoms with Crippen LogP contribution in [0.3, 0.4) is 0 Å². The van der Waals surface area contributed by atoms with E-state index in [1.54, 1.807) is 0 Å². The van der Waals surface area contributed by atoms with Crippen molar-refractivity contribution in [3.8, 4) is 0 Å². The van der Waals surface area contributed by atoms with Gasteiger partial charge in [0.2, 0.25) is 0 Å². The Morgan fingerprint density at radius 3 is 2.21 bits per heavy atom. The molecule has 8 heteroatoms. The van der Waals surface area contributed by atoms with Gasteiger partial charge in [-0.2, -0.15) is 0 Å². The van der Waals surface area contributed by atoms with Crippen LogP contribution in [0.4, 0.5) is 4.79 Å². The normalized spacial score (nSPS) is 9.95. The molecule has 0 unspecified atom stereocenters. The number of hydrogen-bond donors (Lipinski definition) is 2. The number of carboxylic acids is 2. The highest BCUT2D eigenvalue weighted by atomic mass is 32.1. The molecule has 1 heterocycles. The molecule has 0 aliphatic rings. The number of carboxylic acid groups (broad SMARTS) is 2. The summed E-state index contributed by atoms with van der Waals surface area (Å²) < 4.78 is 0. The van der Waals surface area contributed by atoms with E-state index in [-0.39, 0.29) is 0 Å². The molecule has 1 aromatic rings. The Kier molecular flexibility index (Phi) is 5.31. The zero-order chi connectivity index (χ0) is 14.4. The van der Waals surface area contributed by atoms with E-state index in [9.17, 15) is 14.4 Å². The summed E-state index contributed by atoms with van der Waals surface area (Å²) in [6, 6.07) is 3.05. The van der Waals surface area contributed by atoms with Crippen molar-refractivity contribution in [2.45, 2.75) is 6.54 Å². The summed E-state index contributed by atoms with van der Waals surface area (Å²) in [5.41, 5.74) is 0. The smallest absolute Gasteiger partial charge is 0.323 e. The van der Waals surface area contributed by atoms with Crippen LogP contribution in [0.1, 0.15) is 4.88 Å². The van der Waals surface area contributed by atoms with Gasteiger partial charge in [-0.25, -0.2) is 4.79 Å². The molecule has 0 aliphatic carbocycles. The SMILES string of the molecule is CN(Cc1cccs1)C(=O)N(CC(=O)O)CC(=O)O. The van der Waals surface area contributed by atoms with Crippen LogP contribution in [0.15, 0.2) is 17.5 Å². The molecule has 2 N–H and O–H groups in total. The van der Waals surface area contributed by atoms with Crippen LogP contribution in [-0.2, 0) is 16.1 Å². The molecule has 0 aromatic carbocycles. The fraction of sp³-hybridized carbons (Fsp3) is 0.364. The van der Waals surface area contributed by atoms with E-state index >= 15 is 0 Å². The topological polar surface area (TPSA) is 98.2 Å². The Balaban J connectivity index is 2.68. The first-order chi connectivity index (χ1) is 8.90. The lowest BCUT2D eigenvalue weighted by atomic mass is 10.4. The lowest BCUT2D eigenvalue weighted by Crippen LogP contribution is -2.45. The van der Waals surface area contributed by atoms with Crippen LogP contribution in [0.25, 0.3) is 0 Å². The molecule has 1 aromatic heterocycles. The Morgan fingerprint density at radius 1 is 1.21 bits per heavy atom. The van der Waals surface area contributed by atoms with E-state index in [1.807, 2.05) is 17.5 Å². The summed E-state index contributed by atoms with van der Waals surface area (Å²) >= 11 is 1.46. The zero-order valence-corrected chi connectivity index (χ0v) is 11.1. The second-order valence-corrected chi connectivity index (χ2v) is 4.89. The van der Waals surface area contributed by atoms with Crippen molar-refractivity contribution in [2.75, 3.05) is 20.1 Å². The number of amides is 2. The van der Waals surface area contributed by atoms with E-state index < -0.39 is 31.1 Å². The lowest BCUT2D eigenvalue weighted by Gasteiger charge is -2.25. The molecule has 0 atom stereocenters. The van der Waals surface area contributed by atoms with Crippen LogP contribution in [0, 0.1) is 0 Å². The minimum atomic E-state index is -1.25. The maximum absolute atomic E-state index is 12.0. The van der Waals surface area contributed by atoms with Crippen molar-refractivity contribution < 1.29 is 24.6 Å². The predicted molar refractivity (Wildman–Crippen MR) is 68.0 cm³/mol. The van der Waals surface area contributed by atoms with Crippen LogP contribution >= 0.6 is 11.3 Å². The van der Waals surface area contributed by atoms with Gasteiger partial charge in [-0.1, -0.05) is 6.07 Å². The molecule has 104 valence electrons. The molecule has 7 nitrogen and oxygen atoms in total. The number of rotatable bonds is 6. The maximum atomic E-state index is 12.0. The van der Waals surface area contributed by atoms with Gasteiger partial charge < -0.3 is 20.0 Å². The molecular weight excluding hydrogens is 272 g/mol. The molecule has 0 bridgehead atoms. The van der Waals surface area contributed by atoms with Crippen molar-refractivity contribution in [1.29, 1.82) is 0 Å². The van der Waals surface area contributed by atoms with Crippen molar-refractivity contribution in [3.63, 3.8) is 0 Å². The Hall–Kier alpha value is -2.09. The van der Waals surface area contributed by atoms with Gasteiger partial charge in [0.15, 0.2) is 0 Å². The van der Waals surface area contributed by atoms with Gasteiger partial charge in [-0.05, 0) is 11.4 Å². The summed E-state index contributed by atoms with van der Waals surface area (Å²) in [5, 5.41) is 19.2. The van der Waals surface area contributed by atoms with Crippen molar-refractivity contribution in [2.24, 2.45) is 0 Å². The van der Waals surface area contributed by atoms with Crippen LogP contribution in [0.5, 0.6) is 0 Å². The second kappa shape index (κ2) is 6.74. The summed E-state index contributed by atoms with van der Waals surface area (Å²) in [5.74, 6) is -2.50. The molecule has 0 saturated heterocycles. The van der Waals surface area contributed by atoms with Crippen LogP contribution in [-0.4, -0.2) is 58.1 Å². The molecule has 19 heavy (non-hydrogen) atoms. The highest BCUT2D eigenvalue weighted by Crippen LogP contribution is 2.12. The summed E-state index contributed by atoms with van der Waals surface area (Å²) in [6.45, 7) is -0.966. The van der Waals surface area contributed by atoms with Crippen molar-refractivity contribution in [1.82, 2.24) is 9.80 Å². The van der Waals surface area contributed by atoms with E-state index in [2.05, 4.69) is 0 Å². The standard InChI is InChI=1S/C11H14N2O5S/c1-12(5-8-3-2-4-19-8)11(18)13(6-9(14)15)7-10(16)17/h2-4H,5-7H2,1H3,(H,14,15)(H,16,17). The number of carbonyl (C=O) groups is 3. The molecule has 0 saturated carbocycles. The van der Waals surface area contributed by atoms with Gasteiger partial charge in [-0.15, -0.1) is 11.3 Å². The first-order valence-electron chi connectivity index (χ1n) is 5.36. The van der Waals surface area contributed by atoms with E-state index in [0.717, 1.165) is 9.78 Å². The monoisotopic (exact) mass is 286 g/mol. The van der Waals surface area contributed by atoms with Gasteiger partial charge in [0, 0.05) is 11.9 Å². The minimum absolute atomic E-state index is 0.312. The van der Waals surface area contributed by atoms with E-state index in [1.165, 1.54) is 23.3 Å². The third-order valence-corrected chi connectivity index (χ3v) is 3.08. The minimum Gasteiger partial charge on any atom is -0.480 e. The number of carbonyl (C=O) groups excluding carboxylic acids is 1. The lowest BCUT2D eigenvalue weighted by molar-refractivity contribution is -0.140. The fourth-order valence-electron chi connectivity index (χ4n) is 1.46. The zero-order valence-electron chi connectivity index (χ0n) is 10.3. The van der Waals surface area contributed by atoms with E-state index in [4.69, 9.17) is 10.2 Å². The van der Waals surface area contributed by atoms with Crippen molar-refractivity contribution in [3.05, 3.63) is 22.4 Å². The Bertz CT molecular complexity index is 444. The Morgan fingerprint density at radius 2 is 1.79 bits per heavy atom. The third kappa shape index (κ3) is 4.96. The van der Waals surface area contributed by atoms with E-state index in [0.29, 0.717) is 6.54 Å². The molecule has 2 amide bonds. The molecule has 0 radical (unpaired) electrons. The summed E-state index contributed by atoms with van der Waals surface area (Å²) in [7, 11) is 1.50. The van der Waals surface area contributed by atoms with Crippen LogP contribution in [0.2, 0.25) is 0 Å². The molecule has 1 rings (SSSR count). The van der Waals surface area contributed by atoms with Gasteiger partial charge in [0.25, 0.3) is 0 Å². The third-order valence-electron chi connectivity index (χ3n) is 2.22. The summed E-state index contributed by atoms with van der Waals surface area (Å²) in [6.07, 6.45) is 0. The van der Waals surface area contributed by atoms with Gasteiger partial charge in [0.05, 0.1) is 6.54 Å². The number of aliphatic carboxylic acids is 2. The van der Waals surface area contributed by atoms with Gasteiger partial charge in [0.1, 0.15) is 13.1 Å². The largest absolute Gasteiger partial charge is 0.480 e. The van der Waals surface area contributed by atoms with Gasteiger partial charge >= 0.3 is 18.0 Å². The average molecular weight is 286 g/mol. The highest BCUT2D eigenvalue weighted by molar-refractivity contribution is 7.09. The molecule has 0 spiro atoms. The number of hydrogen-bond acceptors (Lipinski definition) is 4. The molecule has 0 fully saturated rings. The molecular formula is C11H14N2O5S. The quantitative estimate of drug-likeness (QED) is 0.805. The van der Waals surface area contributed by atoms with Crippen molar-refractivity contribution >= 4 is 29.3 Å². The first-order valence-corrected chi connectivity index (χ1v) is 6.24. The number of nitrogens with zero attached hydrogens (tertiary/aromatic N) is 2. The average Bonchev–Trinajstić information content (AvgIpc) is 2.78. The Labute approximate surface area is 113 Å². The maximum Gasteiger partial charge on any atom is 0.323 e. The number of urea groups is 1. The summed E-state index contributed by atoms with van der Waals surface area (Å²) in [4.78, 5) is 36.2. The van der Waals surface area contributed by atoms with Gasteiger partial charge in [-0.3, -0.25) is 9.59 Å². The van der Waals surface area contributed by atoms with Crippen LogP contribution < -0.4 is 0 Å². The first kappa shape index (κ1) is 15.0. The second-order valence-electron chi connectivity index (χ2n) is 3.86. The fourth-order valence-corrected chi connectivity index (χ4v) is 2.22. The highest BCUT2D eigenvalue weighted by Gasteiger charge is 2.22. The number of thiophene rings is 1.